The van der Waals surface area contributed by atoms with Crippen molar-refractivity contribution in [3.63, 3.8) is 0 Å². The van der Waals surface area contributed by atoms with Crippen LogP contribution >= 0.6 is 0 Å². The smallest absolute Gasteiger partial charge is 0.373 e. The Kier molecular flexibility index (Phi) is 6.45. The zero-order valence-corrected chi connectivity index (χ0v) is 14.9. The van der Waals surface area contributed by atoms with E-state index in [4.69, 9.17) is 29.2 Å². The number of esters is 1. The van der Waals surface area contributed by atoms with Crippen LogP contribution in [0.2, 0.25) is 0 Å². The highest BCUT2D eigenvalue weighted by atomic mass is 16.5. The second-order valence-electron chi connectivity index (χ2n) is 5.08. The molecule has 1 heterocycles. The Labute approximate surface area is 155 Å². The maximum atomic E-state index is 11.4. The molecule has 0 spiro atoms. The molecular formula is C19H16N2O6. The molecule has 1 aromatic carbocycles. The van der Waals surface area contributed by atoms with Crippen molar-refractivity contribution in [3.05, 3.63) is 46.9 Å². The van der Waals surface area contributed by atoms with Gasteiger partial charge in [-0.1, -0.05) is 0 Å². The SMILES string of the molecule is COC(=O)c1ccc(COc2c(OC)cc(C=C(C#N)C#N)cc2OC)o1. The maximum absolute atomic E-state index is 11.4. The van der Waals surface area contributed by atoms with E-state index in [-0.39, 0.29) is 17.9 Å². The van der Waals surface area contributed by atoms with E-state index in [0.29, 0.717) is 28.6 Å². The number of nitrogens with zero attached hydrogens (tertiary/aromatic N) is 2. The van der Waals surface area contributed by atoms with Gasteiger partial charge in [-0.15, -0.1) is 0 Å². The average molecular weight is 368 g/mol. The fourth-order valence-corrected chi connectivity index (χ4v) is 2.19. The lowest BCUT2D eigenvalue weighted by atomic mass is 10.1. The van der Waals surface area contributed by atoms with Crippen LogP contribution in [0.5, 0.6) is 17.2 Å². The van der Waals surface area contributed by atoms with Gasteiger partial charge in [-0.25, -0.2) is 4.79 Å². The van der Waals surface area contributed by atoms with Crippen LogP contribution in [-0.4, -0.2) is 27.3 Å². The monoisotopic (exact) mass is 368 g/mol. The van der Waals surface area contributed by atoms with E-state index < -0.39 is 5.97 Å². The van der Waals surface area contributed by atoms with Gasteiger partial charge in [-0.3, -0.25) is 0 Å². The van der Waals surface area contributed by atoms with Gasteiger partial charge >= 0.3 is 5.97 Å². The Morgan fingerprint density at radius 2 is 1.74 bits per heavy atom. The summed E-state index contributed by atoms with van der Waals surface area (Å²) < 4.78 is 26.3. The van der Waals surface area contributed by atoms with E-state index in [1.54, 1.807) is 30.3 Å². The molecule has 0 aliphatic carbocycles. The number of furan rings is 1. The molecule has 27 heavy (non-hydrogen) atoms. The molecule has 1 aromatic heterocycles. The van der Waals surface area contributed by atoms with Gasteiger partial charge in [0.1, 0.15) is 30.1 Å². The predicted molar refractivity (Wildman–Crippen MR) is 93.1 cm³/mol. The second-order valence-corrected chi connectivity index (χ2v) is 5.08. The number of nitriles is 2. The van der Waals surface area contributed by atoms with Crippen molar-refractivity contribution in [3.8, 4) is 29.4 Å². The summed E-state index contributed by atoms with van der Waals surface area (Å²) in [6, 6.07) is 9.87. The molecule has 0 bridgehead atoms. The van der Waals surface area contributed by atoms with Gasteiger partial charge in [0.15, 0.2) is 11.5 Å². The van der Waals surface area contributed by atoms with Crippen LogP contribution in [0.15, 0.2) is 34.3 Å². The standard InChI is InChI=1S/C19H16N2O6/c1-23-16-7-12(6-13(9-20)10-21)8-17(24-2)18(16)26-11-14-4-5-15(27-14)19(22)25-3/h4-8H,11H2,1-3H3. The molecule has 8 nitrogen and oxygen atoms in total. The van der Waals surface area contributed by atoms with Crippen molar-refractivity contribution in [1.29, 1.82) is 10.5 Å². The number of carbonyl (C=O) groups excluding carboxylic acids is 1. The number of allylic oxidation sites excluding steroid dienone is 1. The molecule has 8 heteroatoms. The third-order valence-corrected chi connectivity index (χ3v) is 3.44. The maximum Gasteiger partial charge on any atom is 0.373 e. The first-order valence-corrected chi connectivity index (χ1v) is 7.64. The molecule has 138 valence electrons. The van der Waals surface area contributed by atoms with Crippen LogP contribution in [-0.2, 0) is 11.3 Å². The second kappa shape index (κ2) is 8.97. The topological polar surface area (TPSA) is 115 Å². The highest BCUT2D eigenvalue weighted by molar-refractivity contribution is 5.86. The number of hydrogen-bond donors (Lipinski definition) is 0. The Morgan fingerprint density at radius 1 is 1.11 bits per heavy atom. The van der Waals surface area contributed by atoms with Crippen molar-refractivity contribution in [2.75, 3.05) is 21.3 Å². The number of methoxy groups -OCH3 is 3. The number of hydrogen-bond acceptors (Lipinski definition) is 8. The van der Waals surface area contributed by atoms with E-state index >= 15 is 0 Å². The molecule has 0 amide bonds. The quantitative estimate of drug-likeness (QED) is 0.541. The van der Waals surface area contributed by atoms with Crippen LogP contribution in [0.1, 0.15) is 21.9 Å². The van der Waals surface area contributed by atoms with Gasteiger partial charge < -0.3 is 23.4 Å². The van der Waals surface area contributed by atoms with Gasteiger partial charge in [0.25, 0.3) is 0 Å². The minimum atomic E-state index is -0.585. The van der Waals surface area contributed by atoms with Gasteiger partial charge in [0.05, 0.1) is 21.3 Å². The summed E-state index contributed by atoms with van der Waals surface area (Å²) in [7, 11) is 4.16. The number of benzene rings is 1. The van der Waals surface area contributed by atoms with Gasteiger partial charge in [-0.2, -0.15) is 10.5 Å². The molecule has 0 atom stereocenters. The zero-order valence-electron chi connectivity index (χ0n) is 14.9. The van der Waals surface area contributed by atoms with Crippen molar-refractivity contribution < 1.29 is 28.2 Å². The van der Waals surface area contributed by atoms with Gasteiger partial charge in [-0.05, 0) is 35.9 Å². The normalized spacial score (nSPS) is 9.52. The van der Waals surface area contributed by atoms with Gasteiger partial charge in [0, 0.05) is 0 Å². The third kappa shape index (κ3) is 4.59. The Hall–Kier alpha value is -3.91. The summed E-state index contributed by atoms with van der Waals surface area (Å²) in [6.07, 6.45) is 1.41. The van der Waals surface area contributed by atoms with Crippen LogP contribution in [0.25, 0.3) is 6.08 Å². The summed E-state index contributed by atoms with van der Waals surface area (Å²) in [4.78, 5) is 11.4. The lowest BCUT2D eigenvalue weighted by molar-refractivity contribution is 0.0560. The molecule has 2 rings (SSSR count). The lowest BCUT2D eigenvalue weighted by Gasteiger charge is -2.14. The summed E-state index contributed by atoms with van der Waals surface area (Å²) in [5.41, 5.74) is 0.485. The summed E-state index contributed by atoms with van der Waals surface area (Å²) >= 11 is 0. The Morgan fingerprint density at radius 3 is 2.26 bits per heavy atom. The van der Waals surface area contributed by atoms with Crippen LogP contribution in [0, 0.1) is 22.7 Å². The van der Waals surface area contributed by atoms with E-state index in [0.717, 1.165) is 0 Å². The molecule has 0 fully saturated rings. The first-order chi connectivity index (χ1) is 13.1. The lowest BCUT2D eigenvalue weighted by Crippen LogP contribution is -2.01. The minimum absolute atomic E-state index is 0.0144. The van der Waals surface area contributed by atoms with E-state index in [2.05, 4.69) is 4.74 Å². The Bertz CT molecular complexity index is 905. The molecule has 0 radical (unpaired) electrons. The summed E-state index contributed by atoms with van der Waals surface area (Å²) in [6.45, 7) is 0.0144. The van der Waals surface area contributed by atoms with E-state index in [1.165, 1.54) is 33.5 Å². The first-order valence-electron chi connectivity index (χ1n) is 7.64. The molecule has 0 saturated carbocycles. The molecular weight excluding hydrogens is 352 g/mol. The zero-order chi connectivity index (χ0) is 19.8. The number of ether oxygens (including phenoxy) is 4. The average Bonchev–Trinajstić information content (AvgIpc) is 3.18. The third-order valence-electron chi connectivity index (χ3n) is 3.44. The molecule has 0 N–H and O–H groups in total. The molecule has 0 aliphatic heterocycles. The molecule has 0 aliphatic rings. The fourth-order valence-electron chi connectivity index (χ4n) is 2.19. The fraction of sp³-hybridized carbons (Fsp3) is 0.211. The number of rotatable bonds is 7. The molecule has 2 aromatic rings. The summed E-state index contributed by atoms with van der Waals surface area (Å²) in [5, 5.41) is 17.8. The highest BCUT2D eigenvalue weighted by Gasteiger charge is 2.16. The van der Waals surface area contributed by atoms with Crippen LogP contribution < -0.4 is 14.2 Å². The number of carbonyl (C=O) groups is 1. The van der Waals surface area contributed by atoms with Crippen molar-refractivity contribution in [2.45, 2.75) is 6.61 Å². The molecule has 0 unspecified atom stereocenters. The largest absolute Gasteiger partial charge is 0.493 e. The highest BCUT2D eigenvalue weighted by Crippen LogP contribution is 2.39. The first kappa shape index (κ1) is 19.4. The van der Waals surface area contributed by atoms with Gasteiger partial charge in [0.2, 0.25) is 11.5 Å². The Balaban J connectivity index is 2.29. The van der Waals surface area contributed by atoms with Crippen LogP contribution in [0.4, 0.5) is 0 Å². The van der Waals surface area contributed by atoms with Crippen molar-refractivity contribution in [2.24, 2.45) is 0 Å². The minimum Gasteiger partial charge on any atom is -0.493 e. The van der Waals surface area contributed by atoms with Crippen LogP contribution in [0.3, 0.4) is 0 Å². The van der Waals surface area contributed by atoms with Crippen molar-refractivity contribution >= 4 is 12.0 Å². The van der Waals surface area contributed by atoms with E-state index in [9.17, 15) is 4.79 Å². The molecule has 0 saturated heterocycles. The summed E-state index contributed by atoms with van der Waals surface area (Å²) in [5.74, 6) is 0.879. The predicted octanol–water partition coefficient (Wildman–Crippen LogP) is 3.09. The van der Waals surface area contributed by atoms with Crippen molar-refractivity contribution in [1.82, 2.24) is 0 Å². The van der Waals surface area contributed by atoms with E-state index in [1.807, 2.05) is 0 Å².